The number of allylic oxidation sites excluding steroid dienone is 5. The Labute approximate surface area is 293 Å². The van der Waals surface area contributed by atoms with E-state index in [0.717, 1.165) is 18.9 Å². The van der Waals surface area contributed by atoms with Crippen molar-refractivity contribution < 1.29 is 0 Å². The van der Waals surface area contributed by atoms with Gasteiger partial charge in [0.25, 0.3) is 0 Å². The fraction of sp³-hybridized carbons (Fsp3) is 0.795. The second-order valence-corrected chi connectivity index (χ2v) is 16.4. The molecule has 8 atom stereocenters. The average molecular weight is 656 g/mol. The van der Waals surface area contributed by atoms with Crippen molar-refractivity contribution in [2.45, 2.75) is 168 Å². The molecule has 0 aliphatic heterocycles. The second-order valence-electron chi connectivity index (χ2n) is 15.6. The quantitative estimate of drug-likeness (QED) is 0.214. The number of nitrogens with two attached hydrogens (primary N) is 1. The van der Waals surface area contributed by atoms with Crippen molar-refractivity contribution in [3.8, 4) is 0 Å². The molecular formula is C44H82NP. The minimum Gasteiger partial charge on any atom is -0.330 e. The Morgan fingerprint density at radius 2 is 1.54 bits per heavy atom. The van der Waals surface area contributed by atoms with Crippen LogP contribution >= 0.6 is 8.86 Å². The first kappa shape index (κ1) is 45.1. The van der Waals surface area contributed by atoms with Gasteiger partial charge < -0.3 is 5.73 Å². The highest BCUT2D eigenvalue weighted by atomic mass is 31.0. The maximum Gasteiger partial charge on any atom is 0.0108 e. The summed E-state index contributed by atoms with van der Waals surface area (Å²) >= 11 is 0. The first-order valence-electron chi connectivity index (χ1n) is 19.6. The summed E-state index contributed by atoms with van der Waals surface area (Å²) in [5, 5.41) is 1.34. The zero-order valence-corrected chi connectivity index (χ0v) is 34.7. The third-order valence-electron chi connectivity index (χ3n) is 12.8. The van der Waals surface area contributed by atoms with Crippen molar-refractivity contribution in [3.63, 3.8) is 0 Å². The summed E-state index contributed by atoms with van der Waals surface area (Å²) in [6.45, 7) is 40.5. The lowest BCUT2D eigenvalue weighted by Gasteiger charge is -2.64. The van der Waals surface area contributed by atoms with Crippen LogP contribution < -0.4 is 5.73 Å². The van der Waals surface area contributed by atoms with Crippen molar-refractivity contribution in [1.29, 1.82) is 0 Å². The summed E-state index contributed by atoms with van der Waals surface area (Å²) in [5.74, 6) is 2.77. The number of hydrogen-bond donors (Lipinski definition) is 1. The lowest BCUT2D eigenvalue weighted by Crippen LogP contribution is -2.58. The van der Waals surface area contributed by atoms with Crippen LogP contribution in [0.2, 0.25) is 0 Å². The van der Waals surface area contributed by atoms with E-state index in [1.54, 1.807) is 5.57 Å². The Kier molecular flexibility index (Phi) is 19.5. The van der Waals surface area contributed by atoms with E-state index in [4.69, 9.17) is 5.73 Å². The van der Waals surface area contributed by atoms with E-state index < -0.39 is 0 Å². The molecule has 2 N–H and O–H groups in total. The zero-order valence-electron chi connectivity index (χ0n) is 33.7. The molecule has 0 radical (unpaired) electrons. The van der Waals surface area contributed by atoms with Gasteiger partial charge in [-0.3, -0.25) is 0 Å². The van der Waals surface area contributed by atoms with Gasteiger partial charge in [0.2, 0.25) is 0 Å². The molecule has 0 bridgehead atoms. The van der Waals surface area contributed by atoms with Crippen molar-refractivity contribution in [1.82, 2.24) is 0 Å². The Hall–Kier alpha value is -0.910. The fourth-order valence-corrected chi connectivity index (χ4v) is 10.7. The smallest absolute Gasteiger partial charge is 0.0108 e. The minimum atomic E-state index is 0.0256. The SMILES string of the molecule is C=C/C=C1/C2(C)C=CCC(C)(C=C)C2CCC1(CN)C1CCC2(CC)CCC(C)(C)CC2C1C.CC.CC.CC.CCCC(C)=P. The van der Waals surface area contributed by atoms with E-state index in [-0.39, 0.29) is 16.2 Å². The highest BCUT2D eigenvalue weighted by Crippen LogP contribution is 2.69. The van der Waals surface area contributed by atoms with E-state index in [9.17, 15) is 0 Å². The molecule has 0 amide bonds. The van der Waals surface area contributed by atoms with Crippen LogP contribution in [-0.2, 0) is 0 Å². The Balaban J connectivity index is 0.00000147. The van der Waals surface area contributed by atoms with E-state index >= 15 is 0 Å². The normalized spacial score (nSPS) is 37.8. The predicted molar refractivity (Wildman–Crippen MR) is 216 cm³/mol. The van der Waals surface area contributed by atoms with Crippen LogP contribution in [0.25, 0.3) is 0 Å². The molecule has 268 valence electrons. The van der Waals surface area contributed by atoms with E-state index in [2.05, 4.69) is 108 Å². The second kappa shape index (κ2) is 19.9. The molecule has 8 unspecified atom stereocenters. The van der Waals surface area contributed by atoms with E-state index in [1.165, 1.54) is 69.5 Å². The largest absolute Gasteiger partial charge is 0.330 e. The molecule has 3 saturated carbocycles. The van der Waals surface area contributed by atoms with Gasteiger partial charge in [0.15, 0.2) is 0 Å². The maximum atomic E-state index is 6.90. The van der Waals surface area contributed by atoms with Crippen LogP contribution in [0.4, 0.5) is 0 Å². The zero-order chi connectivity index (χ0) is 36.0. The topological polar surface area (TPSA) is 26.0 Å². The first-order valence-corrected chi connectivity index (χ1v) is 20.1. The van der Waals surface area contributed by atoms with Gasteiger partial charge in [-0.25, -0.2) is 0 Å². The Bertz CT molecular complexity index is 988. The molecule has 0 aromatic carbocycles. The van der Waals surface area contributed by atoms with Crippen LogP contribution in [-0.4, -0.2) is 11.8 Å². The van der Waals surface area contributed by atoms with Gasteiger partial charge in [-0.15, -0.1) is 15.4 Å². The Morgan fingerprint density at radius 1 is 0.935 bits per heavy atom. The van der Waals surface area contributed by atoms with Crippen LogP contribution in [0.5, 0.6) is 0 Å². The van der Waals surface area contributed by atoms with Crippen molar-refractivity contribution in [2.24, 2.45) is 56.5 Å². The van der Waals surface area contributed by atoms with Gasteiger partial charge in [-0.05, 0) is 105 Å². The van der Waals surface area contributed by atoms with Gasteiger partial charge >= 0.3 is 0 Å². The number of fused-ring (bicyclic) bond motifs is 2. The summed E-state index contributed by atoms with van der Waals surface area (Å²) in [4.78, 5) is 0. The summed E-state index contributed by atoms with van der Waals surface area (Å²) in [7, 11) is 3.39. The third-order valence-corrected chi connectivity index (χ3v) is 13.0. The summed E-state index contributed by atoms with van der Waals surface area (Å²) in [6.07, 6.45) is 25.9. The maximum absolute atomic E-state index is 6.90. The molecule has 0 aromatic rings. The molecule has 0 spiro atoms. The standard InChI is InChI=1S/C33H53N.C5H11P.3C2H6/c1-9-13-28-31(8)17-12-16-30(7,10-2)27(31)15-19-33(28,23-34)25-14-18-32(11-3)21-20-29(5,6)22-26(32)24(25)4;1-3-4-5(2)6;3*1-2/h9-10,12-13,17,24-27H,1-2,11,14-16,18-23,34H2,3-8H3;6H,3-4H2,1-2H3;3*1-2H3/b28-13-;;;;. The van der Waals surface area contributed by atoms with Gasteiger partial charge in [-0.1, -0.05) is 151 Å². The van der Waals surface area contributed by atoms with Crippen molar-refractivity contribution in [3.05, 3.63) is 49.1 Å². The highest BCUT2D eigenvalue weighted by molar-refractivity contribution is 7.20. The molecule has 4 rings (SSSR count). The van der Waals surface area contributed by atoms with Gasteiger partial charge in [0.1, 0.15) is 0 Å². The number of hydrogen-bond acceptors (Lipinski definition) is 1. The molecule has 0 heterocycles. The van der Waals surface area contributed by atoms with Crippen molar-refractivity contribution >= 4 is 14.2 Å². The minimum absolute atomic E-state index is 0.0256. The van der Waals surface area contributed by atoms with E-state index in [1.807, 2.05) is 41.5 Å². The van der Waals surface area contributed by atoms with Crippen LogP contribution in [0.15, 0.2) is 49.1 Å². The summed E-state index contributed by atoms with van der Waals surface area (Å²) < 4.78 is 0. The summed E-state index contributed by atoms with van der Waals surface area (Å²) in [6, 6.07) is 0. The molecule has 4 aliphatic rings. The van der Waals surface area contributed by atoms with Gasteiger partial charge in [-0.2, -0.15) is 0 Å². The first-order chi connectivity index (χ1) is 21.7. The van der Waals surface area contributed by atoms with Crippen LogP contribution in [0.3, 0.4) is 0 Å². The molecule has 0 aromatic heterocycles. The van der Waals surface area contributed by atoms with Gasteiger partial charge in [0, 0.05) is 17.4 Å². The fourth-order valence-electron chi connectivity index (χ4n) is 10.4. The molecule has 4 aliphatic carbocycles. The van der Waals surface area contributed by atoms with E-state index in [0.29, 0.717) is 28.6 Å². The van der Waals surface area contributed by atoms with Crippen LogP contribution in [0, 0.1) is 50.7 Å². The average Bonchev–Trinajstić information content (AvgIpc) is 3.05. The highest BCUT2D eigenvalue weighted by Gasteiger charge is 2.61. The number of rotatable bonds is 7. The molecule has 1 nitrogen and oxygen atoms in total. The lowest BCUT2D eigenvalue weighted by molar-refractivity contribution is -0.101. The molecule has 46 heavy (non-hydrogen) atoms. The molecule has 2 heteroatoms. The molecular weight excluding hydrogens is 573 g/mol. The van der Waals surface area contributed by atoms with Crippen LogP contribution in [0.1, 0.15) is 168 Å². The monoisotopic (exact) mass is 656 g/mol. The predicted octanol–water partition coefficient (Wildman–Crippen LogP) is 14.1. The molecule has 0 saturated heterocycles. The lowest BCUT2D eigenvalue weighted by atomic mass is 9.40. The Morgan fingerprint density at radius 3 is 2.00 bits per heavy atom. The van der Waals surface area contributed by atoms with Gasteiger partial charge in [0.05, 0.1) is 0 Å². The van der Waals surface area contributed by atoms with Crippen molar-refractivity contribution in [2.75, 3.05) is 6.54 Å². The summed E-state index contributed by atoms with van der Waals surface area (Å²) in [5.41, 5.74) is 9.74. The third kappa shape index (κ3) is 9.41. The molecule has 3 fully saturated rings.